The summed E-state index contributed by atoms with van der Waals surface area (Å²) in [5, 5.41) is 20.2. The van der Waals surface area contributed by atoms with E-state index in [9.17, 15) is 9.18 Å². The Morgan fingerprint density at radius 3 is 2.63 bits per heavy atom. The highest BCUT2D eigenvalue weighted by atomic mass is 32.2. The lowest BCUT2D eigenvalue weighted by Gasteiger charge is -2.12. The number of carbonyl (C=O) groups excluding carboxylic acids is 1. The Bertz CT molecular complexity index is 1010. The molecule has 27 heavy (non-hydrogen) atoms. The first-order chi connectivity index (χ1) is 13.0. The molecule has 0 aliphatic rings. The van der Waals surface area contributed by atoms with Crippen molar-refractivity contribution in [2.75, 3.05) is 5.32 Å². The predicted octanol–water partition coefficient (Wildman–Crippen LogP) is 3.61. The molecule has 136 valence electrons. The van der Waals surface area contributed by atoms with Gasteiger partial charge in [-0.3, -0.25) is 4.79 Å². The van der Waals surface area contributed by atoms with Crippen LogP contribution in [-0.2, 0) is 11.8 Å². The number of hydrogen-bond acceptors (Lipinski definition) is 5. The summed E-state index contributed by atoms with van der Waals surface area (Å²) in [7, 11) is 1.79. The number of anilines is 1. The van der Waals surface area contributed by atoms with Gasteiger partial charge in [0.05, 0.1) is 16.5 Å². The second-order valence-corrected chi connectivity index (χ2v) is 7.09. The molecule has 2 aromatic carbocycles. The van der Waals surface area contributed by atoms with Crippen LogP contribution < -0.4 is 5.32 Å². The number of thioether (sulfide) groups is 1. The molecule has 0 unspecified atom stereocenters. The Hall–Kier alpha value is -3.18. The molecule has 0 aliphatic carbocycles. The number of para-hydroxylation sites is 1. The number of rotatable bonds is 5. The first-order valence-electron chi connectivity index (χ1n) is 8.11. The van der Waals surface area contributed by atoms with E-state index in [1.807, 2.05) is 6.07 Å². The molecule has 1 amide bonds. The molecule has 6 nitrogen and oxygen atoms in total. The third kappa shape index (κ3) is 4.15. The van der Waals surface area contributed by atoms with Crippen LogP contribution >= 0.6 is 11.8 Å². The highest BCUT2D eigenvalue weighted by Crippen LogP contribution is 2.26. The van der Waals surface area contributed by atoms with E-state index < -0.39 is 5.25 Å². The average molecular weight is 381 g/mol. The van der Waals surface area contributed by atoms with Crippen LogP contribution in [0.25, 0.3) is 11.4 Å². The second kappa shape index (κ2) is 8.01. The van der Waals surface area contributed by atoms with Crippen LogP contribution in [0.3, 0.4) is 0 Å². The van der Waals surface area contributed by atoms with Gasteiger partial charge < -0.3 is 9.88 Å². The fourth-order valence-corrected chi connectivity index (χ4v) is 3.22. The summed E-state index contributed by atoms with van der Waals surface area (Å²) >= 11 is 1.25. The Balaban J connectivity index is 1.72. The van der Waals surface area contributed by atoms with Gasteiger partial charge in [0.25, 0.3) is 0 Å². The summed E-state index contributed by atoms with van der Waals surface area (Å²) in [6.45, 7) is 1.75. The van der Waals surface area contributed by atoms with E-state index in [1.165, 1.54) is 23.9 Å². The normalized spacial score (nSPS) is 11.6. The quantitative estimate of drug-likeness (QED) is 0.683. The highest BCUT2D eigenvalue weighted by Gasteiger charge is 2.20. The Morgan fingerprint density at radius 2 is 1.93 bits per heavy atom. The zero-order valence-corrected chi connectivity index (χ0v) is 15.5. The summed E-state index contributed by atoms with van der Waals surface area (Å²) in [5.41, 5.74) is 1.61. The smallest absolute Gasteiger partial charge is 0.237 e. The second-order valence-electron chi connectivity index (χ2n) is 5.78. The number of aromatic nitrogens is 3. The third-order valence-corrected chi connectivity index (χ3v) is 5.03. The minimum Gasteiger partial charge on any atom is -0.324 e. The molecular weight excluding hydrogens is 365 g/mol. The average Bonchev–Trinajstić information content (AvgIpc) is 3.03. The number of amides is 1. The van der Waals surface area contributed by atoms with Crippen molar-refractivity contribution in [1.29, 1.82) is 5.26 Å². The number of nitrogens with zero attached hydrogens (tertiary/aromatic N) is 4. The van der Waals surface area contributed by atoms with Gasteiger partial charge in [0.2, 0.25) is 5.91 Å². The number of hydrogen-bond donors (Lipinski definition) is 1. The van der Waals surface area contributed by atoms with Crippen molar-refractivity contribution in [3.63, 3.8) is 0 Å². The van der Waals surface area contributed by atoms with Gasteiger partial charge in [-0.05, 0) is 43.3 Å². The van der Waals surface area contributed by atoms with Crippen molar-refractivity contribution in [1.82, 2.24) is 14.8 Å². The molecule has 0 radical (unpaired) electrons. The van der Waals surface area contributed by atoms with E-state index in [4.69, 9.17) is 5.26 Å². The molecule has 1 aromatic heterocycles. The van der Waals surface area contributed by atoms with Crippen LogP contribution in [-0.4, -0.2) is 25.9 Å². The molecule has 0 bridgehead atoms. The molecule has 3 rings (SSSR count). The zero-order chi connectivity index (χ0) is 19.4. The van der Waals surface area contributed by atoms with Crippen molar-refractivity contribution in [3.8, 4) is 17.5 Å². The lowest BCUT2D eigenvalue weighted by Crippen LogP contribution is -2.23. The van der Waals surface area contributed by atoms with E-state index in [1.54, 1.807) is 54.9 Å². The Labute approximate surface area is 160 Å². The highest BCUT2D eigenvalue weighted by molar-refractivity contribution is 8.00. The molecule has 0 spiro atoms. The molecule has 0 aliphatic heterocycles. The number of halogens is 1. The number of benzene rings is 2. The van der Waals surface area contributed by atoms with Gasteiger partial charge in [0.1, 0.15) is 11.9 Å². The van der Waals surface area contributed by atoms with E-state index >= 15 is 0 Å². The van der Waals surface area contributed by atoms with Crippen LogP contribution in [0, 0.1) is 17.1 Å². The number of nitrogens with one attached hydrogen (secondary N) is 1. The molecular formula is C19H16FN5OS. The predicted molar refractivity (Wildman–Crippen MR) is 102 cm³/mol. The van der Waals surface area contributed by atoms with Crippen LogP contribution in [0.1, 0.15) is 12.5 Å². The molecule has 3 aromatic rings. The molecule has 1 heterocycles. The summed E-state index contributed by atoms with van der Waals surface area (Å²) < 4.78 is 14.8. The summed E-state index contributed by atoms with van der Waals surface area (Å²) in [5.74, 6) is 0.0208. The van der Waals surface area contributed by atoms with Crippen LogP contribution in [0.5, 0.6) is 0 Å². The van der Waals surface area contributed by atoms with Crippen molar-refractivity contribution in [2.45, 2.75) is 17.3 Å². The fourth-order valence-electron chi connectivity index (χ4n) is 2.40. The lowest BCUT2D eigenvalue weighted by molar-refractivity contribution is -0.115. The van der Waals surface area contributed by atoms with Gasteiger partial charge in [0, 0.05) is 12.6 Å². The molecule has 0 saturated heterocycles. The number of carbonyl (C=O) groups is 1. The van der Waals surface area contributed by atoms with Gasteiger partial charge in [-0.2, -0.15) is 5.26 Å². The van der Waals surface area contributed by atoms with E-state index in [2.05, 4.69) is 15.5 Å². The minimum absolute atomic E-state index is 0.242. The van der Waals surface area contributed by atoms with E-state index in [0.717, 1.165) is 5.56 Å². The van der Waals surface area contributed by atoms with Crippen molar-refractivity contribution < 1.29 is 9.18 Å². The van der Waals surface area contributed by atoms with Gasteiger partial charge in [-0.1, -0.05) is 23.9 Å². The maximum Gasteiger partial charge on any atom is 0.237 e. The first kappa shape index (κ1) is 18.6. The Kier molecular flexibility index (Phi) is 5.52. The zero-order valence-electron chi connectivity index (χ0n) is 14.7. The monoisotopic (exact) mass is 381 g/mol. The maximum absolute atomic E-state index is 13.1. The molecule has 0 fully saturated rings. The van der Waals surface area contributed by atoms with Crippen molar-refractivity contribution in [2.24, 2.45) is 7.05 Å². The third-order valence-electron chi connectivity index (χ3n) is 3.89. The summed E-state index contributed by atoms with van der Waals surface area (Å²) in [4.78, 5) is 12.5. The van der Waals surface area contributed by atoms with Crippen LogP contribution in [0.2, 0.25) is 0 Å². The van der Waals surface area contributed by atoms with Gasteiger partial charge >= 0.3 is 0 Å². The Morgan fingerprint density at radius 1 is 1.22 bits per heavy atom. The first-order valence-corrected chi connectivity index (χ1v) is 8.99. The lowest BCUT2D eigenvalue weighted by atomic mass is 10.2. The van der Waals surface area contributed by atoms with E-state index in [0.29, 0.717) is 22.2 Å². The van der Waals surface area contributed by atoms with Gasteiger partial charge in [0.15, 0.2) is 11.0 Å². The van der Waals surface area contributed by atoms with Gasteiger partial charge in [-0.25, -0.2) is 4.39 Å². The summed E-state index contributed by atoms with van der Waals surface area (Å²) in [6.07, 6.45) is 0. The van der Waals surface area contributed by atoms with E-state index in [-0.39, 0.29) is 11.7 Å². The minimum atomic E-state index is -0.458. The van der Waals surface area contributed by atoms with Crippen molar-refractivity contribution >= 4 is 23.4 Å². The number of nitriles is 1. The summed E-state index contributed by atoms with van der Waals surface area (Å²) in [6, 6.07) is 14.8. The van der Waals surface area contributed by atoms with Gasteiger partial charge in [-0.15, -0.1) is 10.2 Å². The standard InChI is InChI=1S/C19H16FN5OS/c1-12(18(26)22-16-6-4-3-5-14(16)11-21)27-19-24-23-17(25(19)2)13-7-9-15(20)10-8-13/h3-10,12H,1-2H3,(H,22,26)/t12-/m1/s1. The topological polar surface area (TPSA) is 83.6 Å². The molecule has 1 atom stereocenters. The maximum atomic E-state index is 13.1. The molecule has 1 N–H and O–H groups in total. The molecule has 8 heteroatoms. The fraction of sp³-hybridized carbons (Fsp3) is 0.158. The van der Waals surface area contributed by atoms with Crippen molar-refractivity contribution in [3.05, 3.63) is 59.9 Å². The largest absolute Gasteiger partial charge is 0.324 e. The molecule has 0 saturated carbocycles. The SMILES string of the molecule is C[C@@H](Sc1nnc(-c2ccc(F)cc2)n1C)C(=O)Nc1ccccc1C#N. The van der Waals surface area contributed by atoms with Crippen LogP contribution in [0.15, 0.2) is 53.7 Å². The van der Waals surface area contributed by atoms with Crippen LogP contribution in [0.4, 0.5) is 10.1 Å².